The van der Waals surface area contributed by atoms with Crippen molar-refractivity contribution in [1.82, 2.24) is 10.2 Å². The van der Waals surface area contributed by atoms with Crippen LogP contribution in [0.1, 0.15) is 39.0 Å². The monoisotopic (exact) mass is 239 g/mol. The van der Waals surface area contributed by atoms with Crippen molar-refractivity contribution in [2.24, 2.45) is 11.7 Å². The first-order valence-electron chi connectivity index (χ1n) is 6.92. The lowest BCUT2D eigenvalue weighted by Gasteiger charge is -2.37. The number of carbonyl (C=O) groups excluding carboxylic acids is 1. The molecule has 0 bridgehead atoms. The first-order chi connectivity index (χ1) is 8.19. The first-order valence-corrected chi connectivity index (χ1v) is 6.92. The SMILES string of the molecule is CC1CCN(CCC(=O)NC2CC2)C(CN)C1. The van der Waals surface area contributed by atoms with E-state index < -0.39 is 0 Å². The Morgan fingerprint density at radius 1 is 1.41 bits per heavy atom. The van der Waals surface area contributed by atoms with Crippen molar-refractivity contribution in [1.29, 1.82) is 0 Å². The fraction of sp³-hybridized carbons (Fsp3) is 0.923. The number of hydrogen-bond donors (Lipinski definition) is 2. The zero-order valence-electron chi connectivity index (χ0n) is 10.8. The van der Waals surface area contributed by atoms with E-state index in [9.17, 15) is 4.79 Å². The van der Waals surface area contributed by atoms with Crippen molar-refractivity contribution >= 4 is 5.91 Å². The van der Waals surface area contributed by atoms with E-state index in [1.165, 1.54) is 25.7 Å². The maximum atomic E-state index is 11.6. The number of piperidine rings is 1. The van der Waals surface area contributed by atoms with Gasteiger partial charge in [-0.1, -0.05) is 6.92 Å². The van der Waals surface area contributed by atoms with Gasteiger partial charge in [0.15, 0.2) is 0 Å². The molecule has 17 heavy (non-hydrogen) atoms. The minimum absolute atomic E-state index is 0.210. The van der Waals surface area contributed by atoms with E-state index in [1.807, 2.05) is 0 Å². The van der Waals surface area contributed by atoms with Crippen LogP contribution in [-0.4, -0.2) is 42.5 Å². The summed E-state index contributed by atoms with van der Waals surface area (Å²) in [4.78, 5) is 14.0. The molecule has 0 spiro atoms. The van der Waals surface area contributed by atoms with Gasteiger partial charge in [-0.25, -0.2) is 0 Å². The molecule has 1 heterocycles. The van der Waals surface area contributed by atoms with E-state index in [2.05, 4.69) is 17.1 Å². The topological polar surface area (TPSA) is 58.4 Å². The average Bonchev–Trinajstić information content (AvgIpc) is 3.11. The fourth-order valence-corrected chi connectivity index (χ4v) is 2.61. The Morgan fingerprint density at radius 2 is 2.18 bits per heavy atom. The number of likely N-dealkylation sites (tertiary alicyclic amines) is 1. The van der Waals surface area contributed by atoms with Crippen LogP contribution >= 0.6 is 0 Å². The van der Waals surface area contributed by atoms with Crippen molar-refractivity contribution in [3.63, 3.8) is 0 Å². The predicted molar refractivity (Wildman–Crippen MR) is 68.6 cm³/mol. The molecule has 2 aliphatic rings. The number of carbonyl (C=O) groups is 1. The van der Waals surface area contributed by atoms with Gasteiger partial charge in [-0.2, -0.15) is 0 Å². The Balaban J connectivity index is 1.70. The summed E-state index contributed by atoms with van der Waals surface area (Å²) in [5.74, 6) is 0.988. The third-order valence-electron chi connectivity index (χ3n) is 3.94. The molecule has 3 N–H and O–H groups in total. The minimum atomic E-state index is 0.210. The largest absolute Gasteiger partial charge is 0.353 e. The summed E-state index contributed by atoms with van der Waals surface area (Å²) in [6.45, 7) is 4.97. The van der Waals surface area contributed by atoms with Gasteiger partial charge in [-0.15, -0.1) is 0 Å². The van der Waals surface area contributed by atoms with Crippen molar-refractivity contribution in [2.75, 3.05) is 19.6 Å². The van der Waals surface area contributed by atoms with Gasteiger partial charge in [0.1, 0.15) is 0 Å². The number of nitrogens with zero attached hydrogens (tertiary/aromatic N) is 1. The molecule has 1 aliphatic carbocycles. The summed E-state index contributed by atoms with van der Waals surface area (Å²) in [5.41, 5.74) is 5.81. The highest BCUT2D eigenvalue weighted by Crippen LogP contribution is 2.22. The maximum Gasteiger partial charge on any atom is 0.221 e. The molecule has 2 rings (SSSR count). The van der Waals surface area contributed by atoms with Gasteiger partial charge in [0.05, 0.1) is 0 Å². The van der Waals surface area contributed by atoms with Crippen molar-refractivity contribution in [2.45, 2.75) is 51.1 Å². The molecule has 0 aromatic carbocycles. The van der Waals surface area contributed by atoms with Crippen LogP contribution in [0.4, 0.5) is 0 Å². The molecule has 98 valence electrons. The summed E-state index contributed by atoms with van der Waals surface area (Å²) < 4.78 is 0. The number of amides is 1. The molecule has 2 atom stereocenters. The van der Waals surface area contributed by atoms with E-state index in [0.29, 0.717) is 25.0 Å². The lowest BCUT2D eigenvalue weighted by molar-refractivity contribution is -0.121. The Morgan fingerprint density at radius 3 is 2.82 bits per heavy atom. The highest BCUT2D eigenvalue weighted by atomic mass is 16.1. The lowest BCUT2D eigenvalue weighted by atomic mass is 9.92. The fourth-order valence-electron chi connectivity index (χ4n) is 2.61. The summed E-state index contributed by atoms with van der Waals surface area (Å²) >= 11 is 0. The second-order valence-electron chi connectivity index (χ2n) is 5.65. The first kappa shape index (κ1) is 12.8. The maximum absolute atomic E-state index is 11.6. The summed E-state index contributed by atoms with van der Waals surface area (Å²) in [7, 11) is 0. The van der Waals surface area contributed by atoms with E-state index >= 15 is 0 Å². The standard InChI is InChI=1S/C13H25N3O/c1-10-4-6-16(12(8-10)9-14)7-5-13(17)15-11-2-3-11/h10-12H,2-9,14H2,1H3,(H,15,17). The normalized spacial score (nSPS) is 30.2. The highest BCUT2D eigenvalue weighted by Gasteiger charge is 2.26. The zero-order chi connectivity index (χ0) is 12.3. The van der Waals surface area contributed by atoms with Crippen LogP contribution in [0.25, 0.3) is 0 Å². The quantitative estimate of drug-likeness (QED) is 0.743. The molecule has 1 saturated carbocycles. The van der Waals surface area contributed by atoms with Crippen LogP contribution in [0.15, 0.2) is 0 Å². The van der Waals surface area contributed by atoms with E-state index in [4.69, 9.17) is 5.73 Å². The summed E-state index contributed by atoms with van der Waals surface area (Å²) in [6, 6.07) is 0.960. The molecule has 1 amide bonds. The van der Waals surface area contributed by atoms with Crippen molar-refractivity contribution in [3.8, 4) is 0 Å². The lowest BCUT2D eigenvalue weighted by Crippen LogP contribution is -2.47. The van der Waals surface area contributed by atoms with Crippen LogP contribution in [-0.2, 0) is 4.79 Å². The molecule has 4 heteroatoms. The van der Waals surface area contributed by atoms with Crippen LogP contribution < -0.4 is 11.1 Å². The average molecular weight is 239 g/mol. The van der Waals surface area contributed by atoms with Gasteiger partial charge in [0, 0.05) is 31.6 Å². The Hall–Kier alpha value is -0.610. The second kappa shape index (κ2) is 5.83. The number of rotatable bonds is 5. The van der Waals surface area contributed by atoms with Gasteiger partial charge >= 0.3 is 0 Å². The van der Waals surface area contributed by atoms with Gasteiger partial charge in [-0.05, 0) is 38.1 Å². The van der Waals surface area contributed by atoms with Gasteiger partial charge < -0.3 is 11.1 Å². The molecule has 0 aromatic heterocycles. The third-order valence-corrected chi connectivity index (χ3v) is 3.94. The van der Waals surface area contributed by atoms with E-state index in [1.54, 1.807) is 0 Å². The molecular weight excluding hydrogens is 214 g/mol. The Labute approximate surface area is 104 Å². The zero-order valence-corrected chi connectivity index (χ0v) is 10.8. The molecule has 4 nitrogen and oxygen atoms in total. The van der Waals surface area contributed by atoms with Gasteiger partial charge in [0.25, 0.3) is 0 Å². The van der Waals surface area contributed by atoms with Gasteiger partial charge in [0.2, 0.25) is 5.91 Å². The predicted octanol–water partition coefficient (Wildman–Crippen LogP) is 0.714. The molecule has 0 aromatic rings. The Bertz CT molecular complexity index is 265. The van der Waals surface area contributed by atoms with Crippen LogP contribution in [0.3, 0.4) is 0 Å². The highest BCUT2D eigenvalue weighted by molar-refractivity contribution is 5.76. The molecule has 0 radical (unpaired) electrons. The minimum Gasteiger partial charge on any atom is -0.353 e. The van der Waals surface area contributed by atoms with Crippen LogP contribution in [0.5, 0.6) is 0 Å². The van der Waals surface area contributed by atoms with Gasteiger partial charge in [-0.3, -0.25) is 9.69 Å². The van der Waals surface area contributed by atoms with E-state index in [0.717, 1.165) is 19.0 Å². The van der Waals surface area contributed by atoms with Crippen LogP contribution in [0, 0.1) is 5.92 Å². The molecular formula is C13H25N3O. The Kier molecular flexibility index (Phi) is 4.40. The van der Waals surface area contributed by atoms with Crippen LogP contribution in [0.2, 0.25) is 0 Å². The molecule has 1 saturated heterocycles. The van der Waals surface area contributed by atoms with E-state index in [-0.39, 0.29) is 5.91 Å². The third kappa shape index (κ3) is 3.96. The van der Waals surface area contributed by atoms with Crippen molar-refractivity contribution < 1.29 is 4.79 Å². The molecule has 1 aliphatic heterocycles. The van der Waals surface area contributed by atoms with Crippen molar-refractivity contribution in [3.05, 3.63) is 0 Å². The smallest absolute Gasteiger partial charge is 0.221 e. The number of nitrogens with one attached hydrogen (secondary N) is 1. The molecule has 2 fully saturated rings. The molecule has 2 unspecified atom stereocenters. The summed E-state index contributed by atoms with van der Waals surface area (Å²) in [6.07, 6.45) is 5.37. The number of hydrogen-bond acceptors (Lipinski definition) is 3. The summed E-state index contributed by atoms with van der Waals surface area (Å²) in [5, 5.41) is 3.04. The number of nitrogens with two attached hydrogens (primary N) is 1. The second-order valence-corrected chi connectivity index (χ2v) is 5.65.